The molecule has 0 fully saturated rings. The van der Waals surface area contributed by atoms with Crippen molar-refractivity contribution in [1.82, 2.24) is 4.98 Å². The molecule has 0 aliphatic rings. The molecule has 21 heavy (non-hydrogen) atoms. The maximum atomic E-state index is 11.7. The molecular weight excluding hydrogens is 339 g/mol. The summed E-state index contributed by atoms with van der Waals surface area (Å²) in [6.07, 6.45) is 1.34. The second-order valence-corrected chi connectivity index (χ2v) is 5.50. The molecule has 0 unspecified atom stereocenters. The van der Waals surface area contributed by atoms with Crippen molar-refractivity contribution in [2.75, 3.05) is 11.9 Å². The summed E-state index contributed by atoms with van der Waals surface area (Å²) < 4.78 is 5.16. The quantitative estimate of drug-likeness (QED) is 0.867. The fourth-order valence-electron chi connectivity index (χ4n) is 1.39. The molecule has 2 rings (SSSR count). The Bertz CT molecular complexity index is 690. The minimum absolute atomic E-state index is 0.0328. The van der Waals surface area contributed by atoms with Crippen LogP contribution in [0.25, 0.3) is 0 Å². The summed E-state index contributed by atoms with van der Waals surface area (Å²) in [6, 6.07) is 2.92. The molecule has 0 spiro atoms. The fraction of sp³-hybridized carbons (Fsp3) is 0.0833. The number of halogens is 2. The highest BCUT2D eigenvalue weighted by atomic mass is 35.5. The maximum Gasteiger partial charge on any atom is 0.349 e. The number of anilines is 1. The minimum Gasteiger partial charge on any atom is -0.482 e. The monoisotopic (exact) mass is 346 g/mol. The molecule has 2 heterocycles. The van der Waals surface area contributed by atoms with Crippen molar-refractivity contribution in [2.45, 2.75) is 0 Å². The van der Waals surface area contributed by atoms with E-state index in [1.165, 1.54) is 18.3 Å². The molecule has 2 aromatic heterocycles. The number of rotatable bonds is 5. The fourth-order valence-corrected chi connectivity index (χ4v) is 2.48. The van der Waals surface area contributed by atoms with Crippen LogP contribution in [0.4, 0.5) is 5.82 Å². The summed E-state index contributed by atoms with van der Waals surface area (Å²) in [4.78, 5) is 26.5. The first-order chi connectivity index (χ1) is 9.97. The van der Waals surface area contributed by atoms with Gasteiger partial charge in [-0.25, -0.2) is 9.78 Å². The van der Waals surface area contributed by atoms with Crippen molar-refractivity contribution in [2.24, 2.45) is 0 Å². The number of nitrogens with one attached hydrogen (secondary N) is 1. The van der Waals surface area contributed by atoms with E-state index in [4.69, 9.17) is 33.0 Å². The predicted octanol–water partition coefficient (Wildman–Crippen LogP) is 3.17. The molecule has 2 N–H and O–H groups in total. The van der Waals surface area contributed by atoms with Gasteiger partial charge in [0.1, 0.15) is 5.75 Å². The molecule has 0 bridgehead atoms. The van der Waals surface area contributed by atoms with Crippen molar-refractivity contribution >= 4 is 52.2 Å². The van der Waals surface area contributed by atoms with E-state index in [-0.39, 0.29) is 28.1 Å². The van der Waals surface area contributed by atoms with Crippen molar-refractivity contribution < 1.29 is 19.4 Å². The van der Waals surface area contributed by atoms with E-state index < -0.39 is 11.9 Å². The maximum absolute atomic E-state index is 11.7. The molecule has 2 aromatic rings. The zero-order chi connectivity index (χ0) is 15.4. The van der Waals surface area contributed by atoms with E-state index in [1.54, 1.807) is 5.38 Å². The molecule has 9 heteroatoms. The third-order valence-electron chi connectivity index (χ3n) is 2.25. The lowest BCUT2D eigenvalue weighted by Crippen LogP contribution is -2.21. The number of carboxylic acid groups (broad SMARTS) is 1. The van der Waals surface area contributed by atoms with Gasteiger partial charge in [0.05, 0.1) is 10.0 Å². The lowest BCUT2D eigenvalue weighted by Gasteiger charge is -2.07. The lowest BCUT2D eigenvalue weighted by molar-refractivity contribution is -0.118. The van der Waals surface area contributed by atoms with Gasteiger partial charge in [-0.15, -0.1) is 11.3 Å². The number of carboxylic acids is 1. The number of ether oxygens (including phenoxy) is 1. The standard InChI is InChI=1S/C12H8Cl2N2O4S/c13-6-3-7(14)11(15-4-6)16-9(17)5-20-8-1-2-21-10(8)12(18)19/h1-4H,5H2,(H,18,19)(H,15,16,17). The summed E-state index contributed by atoms with van der Waals surface area (Å²) in [5.74, 6) is -1.34. The average molecular weight is 347 g/mol. The molecule has 0 saturated heterocycles. The zero-order valence-electron chi connectivity index (χ0n) is 10.3. The Kier molecular flexibility index (Phi) is 5.00. The Balaban J connectivity index is 1.96. The molecule has 0 aliphatic heterocycles. The van der Waals surface area contributed by atoms with Crippen LogP contribution < -0.4 is 10.1 Å². The van der Waals surface area contributed by atoms with Crippen molar-refractivity contribution in [3.8, 4) is 5.75 Å². The number of pyridine rings is 1. The largest absolute Gasteiger partial charge is 0.482 e. The second kappa shape index (κ2) is 6.75. The number of thiophene rings is 1. The molecular formula is C12H8Cl2N2O4S. The number of carbonyl (C=O) groups excluding carboxylic acids is 1. The van der Waals surface area contributed by atoms with E-state index in [0.29, 0.717) is 5.02 Å². The highest BCUT2D eigenvalue weighted by Crippen LogP contribution is 2.25. The molecule has 1 amide bonds. The van der Waals surface area contributed by atoms with Gasteiger partial charge in [-0.3, -0.25) is 4.79 Å². The van der Waals surface area contributed by atoms with Crippen LogP contribution >= 0.6 is 34.5 Å². The van der Waals surface area contributed by atoms with Gasteiger partial charge < -0.3 is 15.2 Å². The van der Waals surface area contributed by atoms with E-state index in [1.807, 2.05) is 0 Å². The molecule has 0 radical (unpaired) electrons. The van der Waals surface area contributed by atoms with Gasteiger partial charge >= 0.3 is 5.97 Å². The third kappa shape index (κ3) is 4.07. The number of hydrogen-bond acceptors (Lipinski definition) is 5. The zero-order valence-corrected chi connectivity index (χ0v) is 12.6. The number of carbonyl (C=O) groups is 2. The molecule has 0 atom stereocenters. The van der Waals surface area contributed by atoms with Gasteiger partial charge in [0.15, 0.2) is 17.3 Å². The lowest BCUT2D eigenvalue weighted by atomic mass is 10.4. The third-order valence-corrected chi connectivity index (χ3v) is 3.63. The minimum atomic E-state index is -1.11. The number of nitrogens with zero attached hydrogens (tertiary/aromatic N) is 1. The topological polar surface area (TPSA) is 88.5 Å². The smallest absolute Gasteiger partial charge is 0.349 e. The number of amides is 1. The predicted molar refractivity (Wildman–Crippen MR) is 79.7 cm³/mol. The Labute approximate surface area is 133 Å². The number of aromatic nitrogens is 1. The van der Waals surface area contributed by atoms with E-state index >= 15 is 0 Å². The summed E-state index contributed by atoms with van der Waals surface area (Å²) in [5, 5.41) is 13.4. The van der Waals surface area contributed by atoms with Gasteiger partial charge in [-0.1, -0.05) is 23.2 Å². The Morgan fingerprint density at radius 1 is 1.43 bits per heavy atom. The van der Waals surface area contributed by atoms with Gasteiger partial charge in [0.2, 0.25) is 0 Å². The van der Waals surface area contributed by atoms with Gasteiger partial charge in [-0.05, 0) is 17.5 Å². The Morgan fingerprint density at radius 2 is 2.19 bits per heavy atom. The van der Waals surface area contributed by atoms with Crippen LogP contribution in [0.5, 0.6) is 5.75 Å². The van der Waals surface area contributed by atoms with Crippen LogP contribution in [0.1, 0.15) is 9.67 Å². The van der Waals surface area contributed by atoms with E-state index in [9.17, 15) is 9.59 Å². The van der Waals surface area contributed by atoms with Gasteiger partial charge in [0.25, 0.3) is 5.91 Å². The van der Waals surface area contributed by atoms with E-state index in [2.05, 4.69) is 10.3 Å². The van der Waals surface area contributed by atoms with Crippen LogP contribution in [0.15, 0.2) is 23.7 Å². The Morgan fingerprint density at radius 3 is 2.86 bits per heavy atom. The molecule has 6 nitrogen and oxygen atoms in total. The van der Waals surface area contributed by atoms with Crippen LogP contribution in [-0.4, -0.2) is 28.6 Å². The number of aromatic carboxylic acids is 1. The molecule has 110 valence electrons. The highest BCUT2D eigenvalue weighted by Gasteiger charge is 2.15. The SMILES string of the molecule is O=C(COc1ccsc1C(=O)O)Nc1ncc(Cl)cc1Cl. The summed E-state index contributed by atoms with van der Waals surface area (Å²) >= 11 is 12.6. The van der Waals surface area contributed by atoms with Crippen molar-refractivity contribution in [3.63, 3.8) is 0 Å². The summed E-state index contributed by atoms with van der Waals surface area (Å²) in [5.41, 5.74) is 0. The normalized spacial score (nSPS) is 10.2. The average Bonchev–Trinajstić information content (AvgIpc) is 2.88. The molecule has 0 aromatic carbocycles. The highest BCUT2D eigenvalue weighted by molar-refractivity contribution is 7.12. The first-order valence-corrected chi connectivity index (χ1v) is 7.15. The first-order valence-electron chi connectivity index (χ1n) is 5.52. The van der Waals surface area contributed by atoms with Crippen molar-refractivity contribution in [1.29, 1.82) is 0 Å². The first kappa shape index (κ1) is 15.6. The molecule has 0 saturated carbocycles. The van der Waals surface area contributed by atoms with Gasteiger partial charge in [-0.2, -0.15) is 0 Å². The van der Waals surface area contributed by atoms with Crippen LogP contribution in [0.2, 0.25) is 10.0 Å². The van der Waals surface area contributed by atoms with E-state index in [0.717, 1.165) is 11.3 Å². The van der Waals surface area contributed by atoms with Crippen LogP contribution in [-0.2, 0) is 4.79 Å². The second-order valence-electron chi connectivity index (χ2n) is 3.74. The summed E-state index contributed by atoms with van der Waals surface area (Å²) in [7, 11) is 0. The Hall–Kier alpha value is -1.83. The van der Waals surface area contributed by atoms with Gasteiger partial charge in [0, 0.05) is 6.20 Å². The summed E-state index contributed by atoms with van der Waals surface area (Å²) in [6.45, 7) is -0.363. The number of hydrogen-bond donors (Lipinski definition) is 2. The molecule has 0 aliphatic carbocycles. The van der Waals surface area contributed by atoms with Crippen LogP contribution in [0, 0.1) is 0 Å². The van der Waals surface area contributed by atoms with Crippen molar-refractivity contribution in [3.05, 3.63) is 38.6 Å². The van der Waals surface area contributed by atoms with Crippen LogP contribution in [0.3, 0.4) is 0 Å².